The zero-order chi connectivity index (χ0) is 10.6. The van der Waals surface area contributed by atoms with Gasteiger partial charge in [-0.25, -0.2) is 0 Å². The molecule has 0 aliphatic heterocycles. The largest absolute Gasteiger partial charge is 0.468 e. The minimum Gasteiger partial charge on any atom is -0.468 e. The minimum absolute atomic E-state index is 0.0920. The van der Waals surface area contributed by atoms with Crippen molar-refractivity contribution in [3.8, 4) is 0 Å². The monoisotopic (exact) mass is 199 g/mol. The lowest BCUT2D eigenvalue weighted by Gasteiger charge is -2.34. The number of hydrogen-bond acceptors (Lipinski definition) is 3. The van der Waals surface area contributed by atoms with Crippen LogP contribution in [0.25, 0.3) is 0 Å². The van der Waals surface area contributed by atoms with E-state index >= 15 is 0 Å². The van der Waals surface area contributed by atoms with Crippen LogP contribution in [0.15, 0.2) is 0 Å². The molecule has 0 amide bonds. The van der Waals surface area contributed by atoms with Gasteiger partial charge in [0.05, 0.1) is 7.11 Å². The Morgan fingerprint density at radius 2 is 2.21 bits per heavy atom. The number of rotatable bonds is 5. The molecule has 3 nitrogen and oxygen atoms in total. The molecule has 1 aliphatic rings. The first-order valence-electron chi connectivity index (χ1n) is 5.51. The molecule has 1 fully saturated rings. The summed E-state index contributed by atoms with van der Waals surface area (Å²) in [6.45, 7) is 5.99. The highest BCUT2D eigenvalue weighted by molar-refractivity contribution is 5.75. The van der Waals surface area contributed by atoms with Gasteiger partial charge in [0.2, 0.25) is 0 Å². The van der Waals surface area contributed by atoms with Gasteiger partial charge < -0.3 is 4.74 Å². The Morgan fingerprint density at radius 3 is 2.57 bits per heavy atom. The predicted molar refractivity (Wildman–Crippen MR) is 56.1 cm³/mol. The van der Waals surface area contributed by atoms with E-state index in [2.05, 4.69) is 11.8 Å². The van der Waals surface area contributed by atoms with Gasteiger partial charge in [-0.2, -0.15) is 0 Å². The first kappa shape index (κ1) is 11.5. The Labute approximate surface area is 86.4 Å². The van der Waals surface area contributed by atoms with Crippen molar-refractivity contribution in [3.05, 3.63) is 0 Å². The first-order chi connectivity index (χ1) is 6.69. The third-order valence-corrected chi connectivity index (χ3v) is 3.21. The molecule has 3 heteroatoms. The van der Waals surface area contributed by atoms with Crippen LogP contribution in [0.2, 0.25) is 0 Å². The number of methoxy groups -OCH3 is 1. The second-order valence-electron chi connectivity index (χ2n) is 4.08. The van der Waals surface area contributed by atoms with Crippen LogP contribution in [0, 0.1) is 5.92 Å². The van der Waals surface area contributed by atoms with Gasteiger partial charge in [-0.3, -0.25) is 9.69 Å². The summed E-state index contributed by atoms with van der Waals surface area (Å²) in [5, 5.41) is 0. The minimum atomic E-state index is -0.119. The lowest BCUT2D eigenvalue weighted by molar-refractivity contribution is -0.146. The molecular formula is C11H21NO2. The van der Waals surface area contributed by atoms with E-state index in [-0.39, 0.29) is 12.0 Å². The van der Waals surface area contributed by atoms with Crippen LogP contribution in [-0.2, 0) is 9.53 Å². The Hall–Kier alpha value is -0.570. The molecule has 0 aromatic carbocycles. The van der Waals surface area contributed by atoms with Crippen molar-refractivity contribution in [1.29, 1.82) is 0 Å². The summed E-state index contributed by atoms with van der Waals surface area (Å²) in [5.74, 6) is 0.688. The SMILES string of the molecule is CCN(CC1CCC1)C(C)C(=O)OC. The predicted octanol–water partition coefficient (Wildman–Crippen LogP) is 1.67. The second-order valence-corrected chi connectivity index (χ2v) is 4.08. The van der Waals surface area contributed by atoms with Crippen LogP contribution in [0.1, 0.15) is 33.1 Å². The quantitative estimate of drug-likeness (QED) is 0.631. The number of ether oxygens (including phenoxy) is 1. The van der Waals surface area contributed by atoms with E-state index < -0.39 is 0 Å². The number of esters is 1. The molecule has 1 atom stereocenters. The van der Waals surface area contributed by atoms with Gasteiger partial charge in [-0.1, -0.05) is 13.3 Å². The molecule has 0 bridgehead atoms. The van der Waals surface area contributed by atoms with Gasteiger partial charge >= 0.3 is 5.97 Å². The summed E-state index contributed by atoms with van der Waals surface area (Å²) in [6, 6.07) is -0.0920. The Kier molecular flexibility index (Phi) is 4.39. The lowest BCUT2D eigenvalue weighted by Crippen LogP contribution is -2.43. The summed E-state index contributed by atoms with van der Waals surface area (Å²) >= 11 is 0. The highest BCUT2D eigenvalue weighted by atomic mass is 16.5. The number of carbonyl (C=O) groups is 1. The normalized spacial score (nSPS) is 19.1. The van der Waals surface area contributed by atoms with Crippen molar-refractivity contribution in [3.63, 3.8) is 0 Å². The summed E-state index contributed by atoms with van der Waals surface area (Å²) in [4.78, 5) is 13.5. The summed E-state index contributed by atoms with van der Waals surface area (Å²) in [7, 11) is 1.45. The molecule has 1 rings (SSSR count). The summed E-state index contributed by atoms with van der Waals surface area (Å²) < 4.78 is 4.75. The topological polar surface area (TPSA) is 29.5 Å². The molecule has 1 saturated carbocycles. The van der Waals surface area contributed by atoms with E-state index in [1.165, 1.54) is 26.4 Å². The van der Waals surface area contributed by atoms with E-state index in [1.54, 1.807) is 0 Å². The van der Waals surface area contributed by atoms with Crippen LogP contribution < -0.4 is 0 Å². The number of carbonyl (C=O) groups excluding carboxylic acids is 1. The van der Waals surface area contributed by atoms with Crippen molar-refractivity contribution < 1.29 is 9.53 Å². The molecule has 0 heterocycles. The molecule has 1 aliphatic carbocycles. The van der Waals surface area contributed by atoms with Gasteiger partial charge in [-0.15, -0.1) is 0 Å². The lowest BCUT2D eigenvalue weighted by atomic mass is 9.85. The smallest absolute Gasteiger partial charge is 0.322 e. The van der Waals surface area contributed by atoms with Gasteiger partial charge in [0, 0.05) is 6.54 Å². The third kappa shape index (κ3) is 2.71. The van der Waals surface area contributed by atoms with E-state index in [1.807, 2.05) is 6.92 Å². The number of nitrogens with zero attached hydrogens (tertiary/aromatic N) is 1. The van der Waals surface area contributed by atoms with Gasteiger partial charge in [0.15, 0.2) is 0 Å². The van der Waals surface area contributed by atoms with Crippen LogP contribution in [-0.4, -0.2) is 37.1 Å². The van der Waals surface area contributed by atoms with Crippen molar-refractivity contribution in [2.24, 2.45) is 5.92 Å². The Balaban J connectivity index is 2.38. The fourth-order valence-corrected chi connectivity index (χ4v) is 1.89. The van der Waals surface area contributed by atoms with Crippen molar-refractivity contribution in [2.75, 3.05) is 20.2 Å². The summed E-state index contributed by atoms with van der Waals surface area (Å²) in [5.41, 5.74) is 0. The number of hydrogen-bond donors (Lipinski definition) is 0. The Morgan fingerprint density at radius 1 is 1.57 bits per heavy atom. The number of likely N-dealkylation sites (N-methyl/N-ethyl adjacent to an activating group) is 1. The zero-order valence-electron chi connectivity index (χ0n) is 9.45. The fourth-order valence-electron chi connectivity index (χ4n) is 1.89. The standard InChI is InChI=1S/C11H21NO2/c1-4-12(8-10-6-5-7-10)9(2)11(13)14-3/h9-10H,4-8H2,1-3H3. The molecule has 0 spiro atoms. The van der Waals surface area contributed by atoms with Gasteiger partial charge in [-0.05, 0) is 32.2 Å². The fraction of sp³-hybridized carbons (Fsp3) is 0.909. The van der Waals surface area contributed by atoms with Crippen LogP contribution in [0.4, 0.5) is 0 Å². The third-order valence-electron chi connectivity index (χ3n) is 3.21. The highest BCUT2D eigenvalue weighted by Gasteiger charge is 2.26. The molecule has 1 unspecified atom stereocenters. The van der Waals surface area contributed by atoms with Crippen molar-refractivity contribution in [1.82, 2.24) is 4.90 Å². The van der Waals surface area contributed by atoms with Crippen LogP contribution in [0.3, 0.4) is 0 Å². The van der Waals surface area contributed by atoms with Crippen molar-refractivity contribution in [2.45, 2.75) is 39.2 Å². The maximum atomic E-state index is 11.3. The molecule has 0 aromatic rings. The van der Waals surface area contributed by atoms with Crippen LogP contribution >= 0.6 is 0 Å². The average Bonchev–Trinajstić information content (AvgIpc) is 2.14. The molecule has 0 saturated heterocycles. The van der Waals surface area contributed by atoms with Gasteiger partial charge in [0.1, 0.15) is 6.04 Å². The Bertz CT molecular complexity index is 190. The highest BCUT2D eigenvalue weighted by Crippen LogP contribution is 2.27. The average molecular weight is 199 g/mol. The zero-order valence-corrected chi connectivity index (χ0v) is 9.45. The molecule has 0 aromatic heterocycles. The van der Waals surface area contributed by atoms with E-state index in [9.17, 15) is 4.79 Å². The molecular weight excluding hydrogens is 178 g/mol. The maximum Gasteiger partial charge on any atom is 0.322 e. The van der Waals surface area contributed by atoms with Crippen LogP contribution in [0.5, 0.6) is 0 Å². The second kappa shape index (κ2) is 5.35. The van der Waals surface area contributed by atoms with Crippen molar-refractivity contribution >= 4 is 5.97 Å². The first-order valence-corrected chi connectivity index (χ1v) is 5.51. The molecule has 0 radical (unpaired) electrons. The summed E-state index contributed by atoms with van der Waals surface area (Å²) in [6.07, 6.45) is 4.00. The molecule has 14 heavy (non-hydrogen) atoms. The van der Waals surface area contributed by atoms with E-state index in [0.29, 0.717) is 0 Å². The molecule has 82 valence electrons. The van der Waals surface area contributed by atoms with E-state index in [4.69, 9.17) is 4.74 Å². The maximum absolute atomic E-state index is 11.3. The molecule has 0 N–H and O–H groups in total. The van der Waals surface area contributed by atoms with E-state index in [0.717, 1.165) is 19.0 Å². The van der Waals surface area contributed by atoms with Gasteiger partial charge in [0.25, 0.3) is 0 Å².